The predicted octanol–water partition coefficient (Wildman–Crippen LogP) is 1.74. The summed E-state index contributed by atoms with van der Waals surface area (Å²) in [4.78, 5) is 0.357. The Labute approximate surface area is 121 Å². The van der Waals surface area contributed by atoms with E-state index in [-0.39, 0.29) is 6.04 Å². The highest BCUT2D eigenvalue weighted by molar-refractivity contribution is 7.89. The van der Waals surface area contributed by atoms with Gasteiger partial charge in [-0.3, -0.25) is 0 Å². The Balaban J connectivity index is 2.04. The van der Waals surface area contributed by atoms with Crippen molar-refractivity contribution in [3.63, 3.8) is 0 Å². The van der Waals surface area contributed by atoms with E-state index in [0.29, 0.717) is 10.9 Å². The molecule has 1 aromatic rings. The van der Waals surface area contributed by atoms with E-state index in [4.69, 9.17) is 0 Å². The first-order valence-corrected chi connectivity index (χ1v) is 8.81. The van der Waals surface area contributed by atoms with Crippen molar-refractivity contribution in [2.45, 2.75) is 63.1 Å². The van der Waals surface area contributed by atoms with E-state index < -0.39 is 10.0 Å². The second-order valence-electron chi connectivity index (χ2n) is 5.74. The van der Waals surface area contributed by atoms with E-state index in [2.05, 4.69) is 17.0 Å². The third-order valence-corrected chi connectivity index (χ3v) is 5.18. The molecule has 1 fully saturated rings. The Morgan fingerprint density at radius 3 is 2.75 bits per heavy atom. The first-order chi connectivity index (χ1) is 9.42. The van der Waals surface area contributed by atoms with Gasteiger partial charge in [-0.1, -0.05) is 13.3 Å². The highest BCUT2D eigenvalue weighted by atomic mass is 32.2. The zero-order valence-corrected chi connectivity index (χ0v) is 13.3. The molecule has 1 aliphatic carbocycles. The smallest absolute Gasteiger partial charge is 0.242 e. The van der Waals surface area contributed by atoms with Crippen molar-refractivity contribution < 1.29 is 8.42 Å². The van der Waals surface area contributed by atoms with Crippen LogP contribution in [0, 0.1) is 0 Å². The van der Waals surface area contributed by atoms with Crippen LogP contribution in [-0.4, -0.2) is 25.1 Å². The minimum absolute atomic E-state index is 0.0294. The van der Waals surface area contributed by atoms with E-state index in [9.17, 15) is 8.42 Å². The maximum absolute atomic E-state index is 12.3. The van der Waals surface area contributed by atoms with Gasteiger partial charge < -0.3 is 9.88 Å². The zero-order valence-electron chi connectivity index (χ0n) is 12.5. The van der Waals surface area contributed by atoms with Gasteiger partial charge in [0, 0.05) is 37.6 Å². The number of sulfonamides is 1. The quantitative estimate of drug-likeness (QED) is 0.768. The molecule has 2 rings (SSSR count). The van der Waals surface area contributed by atoms with Crippen molar-refractivity contribution in [1.29, 1.82) is 0 Å². The summed E-state index contributed by atoms with van der Waals surface area (Å²) in [7, 11) is -1.52. The summed E-state index contributed by atoms with van der Waals surface area (Å²) in [6, 6.07) is 2.35. The Morgan fingerprint density at radius 2 is 2.15 bits per heavy atom. The molecular formula is C14H25N3O2S. The van der Waals surface area contributed by atoms with E-state index in [0.717, 1.165) is 25.1 Å². The van der Waals surface area contributed by atoms with E-state index >= 15 is 0 Å². The third-order valence-electron chi connectivity index (χ3n) is 3.62. The lowest BCUT2D eigenvalue weighted by atomic mass is 10.2. The first kappa shape index (κ1) is 15.5. The molecule has 5 nitrogen and oxygen atoms in total. The Morgan fingerprint density at radius 1 is 1.45 bits per heavy atom. The van der Waals surface area contributed by atoms with E-state index in [1.165, 1.54) is 12.8 Å². The summed E-state index contributed by atoms with van der Waals surface area (Å²) in [5.41, 5.74) is 1.00. The minimum Gasteiger partial charge on any atom is -0.352 e. The van der Waals surface area contributed by atoms with Crippen LogP contribution in [0.5, 0.6) is 0 Å². The van der Waals surface area contributed by atoms with Gasteiger partial charge in [0.05, 0.1) is 4.90 Å². The number of aromatic nitrogens is 1. The lowest BCUT2D eigenvalue weighted by Crippen LogP contribution is -2.32. The molecule has 1 heterocycles. The first-order valence-electron chi connectivity index (χ1n) is 7.33. The standard InChI is InChI=1S/C14H25N3O2S/c1-4-5-11(2)16-20(18,19)14-8-13(17(3)10-14)9-15-12-6-7-12/h8,10-12,15-16H,4-7,9H2,1-3H3. The molecule has 114 valence electrons. The summed E-state index contributed by atoms with van der Waals surface area (Å²) in [5.74, 6) is 0. The number of rotatable bonds is 8. The van der Waals surface area contributed by atoms with Gasteiger partial charge in [0.15, 0.2) is 0 Å². The molecule has 0 aliphatic heterocycles. The maximum atomic E-state index is 12.3. The van der Waals surface area contributed by atoms with Gasteiger partial charge in [-0.05, 0) is 32.3 Å². The van der Waals surface area contributed by atoms with Gasteiger partial charge in [-0.2, -0.15) is 0 Å². The second-order valence-corrected chi connectivity index (χ2v) is 7.46. The summed E-state index contributed by atoms with van der Waals surface area (Å²) in [5, 5.41) is 3.40. The summed E-state index contributed by atoms with van der Waals surface area (Å²) < 4.78 is 29.2. The monoisotopic (exact) mass is 299 g/mol. The average molecular weight is 299 g/mol. The van der Waals surface area contributed by atoms with Crippen LogP contribution in [0.2, 0.25) is 0 Å². The molecule has 0 bridgehead atoms. The number of hydrogen-bond acceptors (Lipinski definition) is 3. The van der Waals surface area contributed by atoms with E-state index in [1.807, 2.05) is 18.5 Å². The lowest BCUT2D eigenvalue weighted by molar-refractivity contribution is 0.544. The largest absolute Gasteiger partial charge is 0.352 e. The molecule has 2 N–H and O–H groups in total. The minimum atomic E-state index is -3.40. The van der Waals surface area contributed by atoms with Crippen molar-refractivity contribution in [3.05, 3.63) is 18.0 Å². The fraction of sp³-hybridized carbons (Fsp3) is 0.714. The fourth-order valence-corrected chi connectivity index (χ4v) is 3.63. The molecule has 0 radical (unpaired) electrons. The molecule has 1 saturated carbocycles. The molecule has 0 spiro atoms. The van der Waals surface area contributed by atoms with Gasteiger partial charge in [0.25, 0.3) is 0 Å². The van der Waals surface area contributed by atoms with Gasteiger partial charge in [0.2, 0.25) is 10.0 Å². The molecule has 1 unspecified atom stereocenters. The number of hydrogen-bond donors (Lipinski definition) is 2. The lowest BCUT2D eigenvalue weighted by Gasteiger charge is -2.11. The second kappa shape index (κ2) is 6.28. The Hall–Kier alpha value is -0.850. The van der Waals surface area contributed by atoms with Crippen LogP contribution in [0.4, 0.5) is 0 Å². The van der Waals surface area contributed by atoms with Crippen LogP contribution < -0.4 is 10.0 Å². The van der Waals surface area contributed by atoms with Crippen molar-refractivity contribution in [3.8, 4) is 0 Å². The summed E-state index contributed by atoms with van der Waals surface area (Å²) >= 11 is 0. The summed E-state index contributed by atoms with van der Waals surface area (Å²) in [6.45, 7) is 4.68. The highest BCUT2D eigenvalue weighted by Crippen LogP contribution is 2.20. The summed E-state index contributed by atoms with van der Waals surface area (Å²) in [6.07, 6.45) is 5.96. The Bertz CT molecular complexity index is 547. The molecule has 6 heteroatoms. The zero-order chi connectivity index (χ0) is 14.8. The predicted molar refractivity (Wildman–Crippen MR) is 80.0 cm³/mol. The molecule has 0 aromatic carbocycles. The SMILES string of the molecule is CCCC(C)NS(=O)(=O)c1cc(CNC2CC2)n(C)c1. The van der Waals surface area contributed by atoms with Crippen molar-refractivity contribution in [2.24, 2.45) is 7.05 Å². The van der Waals surface area contributed by atoms with Crippen LogP contribution in [-0.2, 0) is 23.6 Å². The number of nitrogens with zero attached hydrogens (tertiary/aromatic N) is 1. The van der Waals surface area contributed by atoms with Crippen LogP contribution in [0.25, 0.3) is 0 Å². The van der Waals surface area contributed by atoms with Crippen molar-refractivity contribution >= 4 is 10.0 Å². The molecule has 0 saturated heterocycles. The van der Waals surface area contributed by atoms with Gasteiger partial charge in [-0.15, -0.1) is 0 Å². The molecular weight excluding hydrogens is 274 g/mol. The fourth-order valence-electron chi connectivity index (χ4n) is 2.26. The highest BCUT2D eigenvalue weighted by Gasteiger charge is 2.22. The van der Waals surface area contributed by atoms with Gasteiger partial charge in [-0.25, -0.2) is 13.1 Å². The normalized spacial score (nSPS) is 17.4. The third kappa shape index (κ3) is 4.07. The van der Waals surface area contributed by atoms with Crippen LogP contribution in [0.3, 0.4) is 0 Å². The molecule has 1 atom stereocenters. The molecule has 1 aliphatic rings. The van der Waals surface area contributed by atoms with Crippen molar-refractivity contribution in [2.75, 3.05) is 0 Å². The maximum Gasteiger partial charge on any atom is 0.242 e. The average Bonchev–Trinajstić information content (AvgIpc) is 3.09. The molecule has 1 aromatic heterocycles. The Kier molecular flexibility index (Phi) is 4.88. The van der Waals surface area contributed by atoms with Crippen LogP contribution >= 0.6 is 0 Å². The van der Waals surface area contributed by atoms with Crippen LogP contribution in [0.1, 0.15) is 45.2 Å². The van der Waals surface area contributed by atoms with E-state index in [1.54, 1.807) is 12.3 Å². The van der Waals surface area contributed by atoms with Crippen LogP contribution in [0.15, 0.2) is 17.2 Å². The molecule has 0 amide bonds. The van der Waals surface area contributed by atoms with Gasteiger partial charge in [0.1, 0.15) is 0 Å². The van der Waals surface area contributed by atoms with Gasteiger partial charge >= 0.3 is 0 Å². The number of nitrogens with one attached hydrogen (secondary N) is 2. The topological polar surface area (TPSA) is 63.1 Å². The molecule has 20 heavy (non-hydrogen) atoms. The van der Waals surface area contributed by atoms with Crippen molar-refractivity contribution in [1.82, 2.24) is 14.6 Å². The number of aryl methyl sites for hydroxylation is 1.